The van der Waals surface area contributed by atoms with Crippen molar-refractivity contribution in [1.29, 1.82) is 0 Å². The van der Waals surface area contributed by atoms with E-state index in [4.69, 9.17) is 5.73 Å². The molecule has 1 heterocycles. The second-order valence-corrected chi connectivity index (χ2v) is 4.05. The Hall–Kier alpha value is -2.11. The molecule has 0 aliphatic heterocycles. The van der Waals surface area contributed by atoms with Gasteiger partial charge >= 0.3 is 0 Å². The molecule has 0 radical (unpaired) electrons. The van der Waals surface area contributed by atoms with Gasteiger partial charge in [0, 0.05) is 31.4 Å². The Morgan fingerprint density at radius 2 is 2.21 bits per heavy atom. The average molecular weight is 263 g/mol. The monoisotopic (exact) mass is 263 g/mol. The number of nitrogens with two attached hydrogens (primary N) is 1. The van der Waals surface area contributed by atoms with E-state index in [1.165, 1.54) is 0 Å². The Morgan fingerprint density at radius 1 is 1.37 bits per heavy atom. The van der Waals surface area contributed by atoms with Crippen LogP contribution in [0.4, 0.5) is 0 Å². The maximum atomic E-state index is 11.3. The van der Waals surface area contributed by atoms with Crippen LogP contribution in [0.2, 0.25) is 0 Å². The van der Waals surface area contributed by atoms with E-state index < -0.39 is 0 Å². The quantitative estimate of drug-likeness (QED) is 0.479. The van der Waals surface area contributed by atoms with E-state index >= 15 is 0 Å². The zero-order valence-electron chi connectivity index (χ0n) is 11.2. The lowest BCUT2D eigenvalue weighted by Gasteiger charge is -2.05. The lowest BCUT2D eigenvalue weighted by atomic mass is 10.3. The minimum absolute atomic E-state index is 0.0580. The highest BCUT2D eigenvalue weighted by atomic mass is 16.1. The molecule has 0 atom stereocenters. The number of aliphatic imine (C=N–C) groups is 1. The Labute approximate surface area is 113 Å². The molecular weight excluding hydrogens is 242 g/mol. The summed E-state index contributed by atoms with van der Waals surface area (Å²) < 4.78 is 0. The third-order valence-corrected chi connectivity index (χ3v) is 2.38. The van der Waals surface area contributed by atoms with Crippen molar-refractivity contribution < 1.29 is 4.79 Å². The molecule has 4 N–H and O–H groups in total. The smallest absolute Gasteiger partial charge is 0.241 e. The van der Waals surface area contributed by atoms with Crippen molar-refractivity contribution in [2.75, 3.05) is 19.6 Å². The third kappa shape index (κ3) is 7.03. The van der Waals surface area contributed by atoms with E-state index in [-0.39, 0.29) is 18.4 Å². The summed E-state index contributed by atoms with van der Waals surface area (Å²) in [6.07, 6.45) is 3.43. The Kier molecular flexibility index (Phi) is 7.01. The number of aromatic nitrogens is 1. The van der Waals surface area contributed by atoms with Crippen molar-refractivity contribution in [1.82, 2.24) is 15.6 Å². The molecule has 1 aromatic rings. The van der Waals surface area contributed by atoms with E-state index in [0.717, 1.165) is 18.5 Å². The number of pyridine rings is 1. The van der Waals surface area contributed by atoms with Gasteiger partial charge in [-0.2, -0.15) is 0 Å². The molecule has 0 bridgehead atoms. The minimum atomic E-state index is -0.115. The second kappa shape index (κ2) is 8.91. The van der Waals surface area contributed by atoms with Crippen molar-refractivity contribution in [2.24, 2.45) is 10.7 Å². The van der Waals surface area contributed by atoms with Crippen LogP contribution in [0, 0.1) is 0 Å². The number of carbonyl (C=O) groups is 1. The zero-order valence-corrected chi connectivity index (χ0v) is 11.2. The number of amides is 1. The minimum Gasteiger partial charge on any atom is -0.370 e. The van der Waals surface area contributed by atoms with Crippen molar-refractivity contribution in [3.63, 3.8) is 0 Å². The molecule has 1 rings (SSSR count). The predicted molar refractivity (Wildman–Crippen MR) is 75.7 cm³/mol. The van der Waals surface area contributed by atoms with Crippen molar-refractivity contribution >= 4 is 11.9 Å². The van der Waals surface area contributed by atoms with Gasteiger partial charge in [0.15, 0.2) is 5.96 Å². The molecule has 0 aliphatic rings. The molecule has 6 nitrogen and oxygen atoms in total. The number of nitrogens with zero attached hydrogens (tertiary/aromatic N) is 2. The van der Waals surface area contributed by atoms with Crippen LogP contribution in [0.15, 0.2) is 29.4 Å². The van der Waals surface area contributed by atoms with Crippen LogP contribution >= 0.6 is 0 Å². The highest BCUT2D eigenvalue weighted by molar-refractivity contribution is 5.83. The summed E-state index contributed by atoms with van der Waals surface area (Å²) in [6.45, 7) is 3.36. The van der Waals surface area contributed by atoms with Gasteiger partial charge in [-0.05, 0) is 18.6 Å². The van der Waals surface area contributed by atoms with Crippen LogP contribution in [0.5, 0.6) is 0 Å². The van der Waals surface area contributed by atoms with E-state index in [9.17, 15) is 4.79 Å². The molecule has 0 aromatic carbocycles. The number of nitrogens with one attached hydrogen (secondary N) is 2. The van der Waals surface area contributed by atoms with Gasteiger partial charge in [0.1, 0.15) is 6.54 Å². The number of carbonyl (C=O) groups excluding carboxylic acids is 1. The van der Waals surface area contributed by atoms with Gasteiger partial charge in [0.25, 0.3) is 0 Å². The lowest BCUT2D eigenvalue weighted by Crippen LogP contribution is -2.35. The fourth-order valence-electron chi connectivity index (χ4n) is 1.40. The van der Waals surface area contributed by atoms with Crippen LogP contribution in [0.25, 0.3) is 0 Å². The Balaban J connectivity index is 2.19. The zero-order chi connectivity index (χ0) is 13.9. The van der Waals surface area contributed by atoms with Gasteiger partial charge in [-0.1, -0.05) is 13.0 Å². The summed E-state index contributed by atoms with van der Waals surface area (Å²) >= 11 is 0. The molecule has 0 fully saturated rings. The molecule has 0 saturated carbocycles. The molecule has 1 amide bonds. The van der Waals surface area contributed by atoms with Crippen LogP contribution in [0.3, 0.4) is 0 Å². The predicted octanol–water partition coefficient (Wildman–Crippen LogP) is 0.0546. The number of hydrogen-bond donors (Lipinski definition) is 3. The largest absolute Gasteiger partial charge is 0.370 e. The molecule has 0 aliphatic carbocycles. The second-order valence-electron chi connectivity index (χ2n) is 4.05. The highest BCUT2D eigenvalue weighted by Gasteiger charge is 1.99. The number of rotatable bonds is 7. The molecule has 0 unspecified atom stereocenters. The molecular formula is C13H21N5O. The maximum Gasteiger partial charge on any atom is 0.241 e. The topological polar surface area (TPSA) is 92.4 Å². The van der Waals surface area contributed by atoms with Crippen molar-refractivity contribution in [2.45, 2.75) is 19.8 Å². The van der Waals surface area contributed by atoms with Gasteiger partial charge < -0.3 is 16.4 Å². The molecule has 1 aromatic heterocycles. The summed E-state index contributed by atoms with van der Waals surface area (Å²) in [7, 11) is 0. The average Bonchev–Trinajstić information content (AvgIpc) is 2.44. The Morgan fingerprint density at radius 3 is 2.89 bits per heavy atom. The summed E-state index contributed by atoms with van der Waals surface area (Å²) in [4.78, 5) is 19.4. The maximum absolute atomic E-state index is 11.3. The highest BCUT2D eigenvalue weighted by Crippen LogP contribution is 1.92. The van der Waals surface area contributed by atoms with Crippen molar-refractivity contribution in [3.05, 3.63) is 30.1 Å². The normalized spacial score (nSPS) is 11.1. The van der Waals surface area contributed by atoms with Gasteiger partial charge in [0.05, 0.1) is 0 Å². The van der Waals surface area contributed by atoms with Gasteiger partial charge in [-0.25, -0.2) is 4.99 Å². The van der Waals surface area contributed by atoms with Crippen LogP contribution in [0.1, 0.15) is 19.0 Å². The van der Waals surface area contributed by atoms with Crippen LogP contribution in [-0.4, -0.2) is 36.5 Å². The Bertz CT molecular complexity index is 405. The summed E-state index contributed by atoms with van der Waals surface area (Å²) in [6, 6.07) is 5.77. The summed E-state index contributed by atoms with van der Waals surface area (Å²) in [5.41, 5.74) is 6.64. The molecule has 19 heavy (non-hydrogen) atoms. The van der Waals surface area contributed by atoms with Crippen LogP contribution in [-0.2, 0) is 11.2 Å². The van der Waals surface area contributed by atoms with Crippen LogP contribution < -0.4 is 16.4 Å². The van der Waals surface area contributed by atoms with Gasteiger partial charge in [-0.3, -0.25) is 9.78 Å². The fraction of sp³-hybridized carbons (Fsp3) is 0.462. The SMILES string of the molecule is CCCNC(=O)CN=C(N)NCCc1ccccn1. The number of hydrogen-bond acceptors (Lipinski definition) is 3. The van der Waals surface area contributed by atoms with E-state index in [1.807, 2.05) is 25.1 Å². The first-order valence-corrected chi connectivity index (χ1v) is 6.42. The van der Waals surface area contributed by atoms with Gasteiger partial charge in [-0.15, -0.1) is 0 Å². The van der Waals surface area contributed by atoms with Crippen molar-refractivity contribution in [3.8, 4) is 0 Å². The molecule has 6 heteroatoms. The van der Waals surface area contributed by atoms with Gasteiger partial charge in [0.2, 0.25) is 5.91 Å². The van der Waals surface area contributed by atoms with E-state index in [0.29, 0.717) is 13.1 Å². The summed E-state index contributed by atoms with van der Waals surface area (Å²) in [5, 5.41) is 5.68. The molecule has 0 spiro atoms. The fourth-order valence-corrected chi connectivity index (χ4v) is 1.40. The first kappa shape index (κ1) is 14.9. The summed E-state index contributed by atoms with van der Waals surface area (Å²) in [5.74, 6) is 0.166. The molecule has 0 saturated heterocycles. The third-order valence-electron chi connectivity index (χ3n) is 2.38. The van der Waals surface area contributed by atoms with E-state index in [1.54, 1.807) is 6.20 Å². The first-order valence-electron chi connectivity index (χ1n) is 6.42. The van der Waals surface area contributed by atoms with E-state index in [2.05, 4.69) is 20.6 Å². The number of guanidine groups is 1. The first-order chi connectivity index (χ1) is 9.22. The lowest BCUT2D eigenvalue weighted by molar-refractivity contribution is -0.119. The standard InChI is InChI=1S/C13H21N5O/c1-2-7-16-12(19)10-18-13(14)17-9-6-11-5-3-4-8-15-11/h3-5,8H,2,6-7,9-10H2,1H3,(H,16,19)(H3,14,17,18). The molecule has 104 valence electrons.